The first-order valence-corrected chi connectivity index (χ1v) is 6.28. The van der Waals surface area contributed by atoms with Crippen molar-refractivity contribution in [1.82, 2.24) is 10.2 Å². The molecule has 94 valence electrons. The van der Waals surface area contributed by atoms with Gasteiger partial charge in [-0.1, -0.05) is 0 Å². The van der Waals surface area contributed by atoms with E-state index in [2.05, 4.69) is 17.3 Å². The van der Waals surface area contributed by atoms with Crippen molar-refractivity contribution in [3.05, 3.63) is 0 Å². The maximum atomic E-state index is 11.5. The standard InChI is InChI=1S/C12H25N3O/c1-10(13)5-6-12(16)14-8-11-4-3-7-15(2)9-11/h10-11H,3-9,13H2,1-2H3,(H,14,16). The molecule has 4 heteroatoms. The van der Waals surface area contributed by atoms with Gasteiger partial charge in [0.1, 0.15) is 0 Å². The average molecular weight is 227 g/mol. The van der Waals surface area contributed by atoms with Crippen LogP contribution in [0.15, 0.2) is 0 Å². The first-order valence-electron chi connectivity index (χ1n) is 6.28. The van der Waals surface area contributed by atoms with Crippen molar-refractivity contribution < 1.29 is 4.79 Å². The summed E-state index contributed by atoms with van der Waals surface area (Å²) < 4.78 is 0. The fourth-order valence-corrected chi connectivity index (χ4v) is 2.15. The highest BCUT2D eigenvalue weighted by Gasteiger charge is 2.17. The maximum absolute atomic E-state index is 11.5. The van der Waals surface area contributed by atoms with Gasteiger partial charge in [0, 0.05) is 25.6 Å². The van der Waals surface area contributed by atoms with Crippen LogP contribution in [0.4, 0.5) is 0 Å². The Morgan fingerprint density at radius 2 is 2.38 bits per heavy atom. The van der Waals surface area contributed by atoms with Crippen LogP contribution in [-0.4, -0.2) is 43.5 Å². The number of nitrogens with zero attached hydrogens (tertiary/aromatic N) is 1. The molecular formula is C12H25N3O. The Morgan fingerprint density at radius 1 is 1.62 bits per heavy atom. The van der Waals surface area contributed by atoms with E-state index >= 15 is 0 Å². The molecule has 0 aromatic carbocycles. The largest absolute Gasteiger partial charge is 0.356 e. The van der Waals surface area contributed by atoms with Gasteiger partial charge in [-0.05, 0) is 45.7 Å². The second kappa shape index (κ2) is 6.86. The minimum absolute atomic E-state index is 0.117. The summed E-state index contributed by atoms with van der Waals surface area (Å²) in [5.41, 5.74) is 5.61. The van der Waals surface area contributed by atoms with Gasteiger partial charge in [-0.3, -0.25) is 4.79 Å². The number of hydrogen-bond donors (Lipinski definition) is 2. The van der Waals surface area contributed by atoms with Crippen molar-refractivity contribution in [2.75, 3.05) is 26.7 Å². The van der Waals surface area contributed by atoms with Crippen molar-refractivity contribution in [3.8, 4) is 0 Å². The lowest BCUT2D eigenvalue weighted by Gasteiger charge is -2.29. The summed E-state index contributed by atoms with van der Waals surface area (Å²) in [6.07, 6.45) is 3.81. The number of likely N-dealkylation sites (tertiary alicyclic amines) is 1. The molecule has 1 saturated heterocycles. The molecule has 16 heavy (non-hydrogen) atoms. The molecule has 1 amide bonds. The van der Waals surface area contributed by atoms with Gasteiger partial charge in [-0.2, -0.15) is 0 Å². The van der Waals surface area contributed by atoms with Crippen LogP contribution in [0.25, 0.3) is 0 Å². The molecule has 0 bridgehead atoms. The molecular weight excluding hydrogens is 202 g/mol. The van der Waals surface area contributed by atoms with Crippen molar-refractivity contribution >= 4 is 5.91 Å². The van der Waals surface area contributed by atoms with Crippen LogP contribution in [-0.2, 0) is 4.79 Å². The SMILES string of the molecule is CC(N)CCC(=O)NCC1CCCN(C)C1. The van der Waals surface area contributed by atoms with Crippen LogP contribution in [0.1, 0.15) is 32.6 Å². The van der Waals surface area contributed by atoms with E-state index in [9.17, 15) is 4.79 Å². The third kappa shape index (κ3) is 5.47. The van der Waals surface area contributed by atoms with Crippen LogP contribution >= 0.6 is 0 Å². The number of carbonyl (C=O) groups is 1. The molecule has 0 aliphatic carbocycles. The first kappa shape index (κ1) is 13.5. The Bertz CT molecular complexity index is 218. The highest BCUT2D eigenvalue weighted by molar-refractivity contribution is 5.75. The van der Waals surface area contributed by atoms with E-state index in [4.69, 9.17) is 5.73 Å². The number of amides is 1. The zero-order valence-corrected chi connectivity index (χ0v) is 10.5. The predicted octanol–water partition coefficient (Wildman–Crippen LogP) is 0.572. The topological polar surface area (TPSA) is 58.4 Å². The molecule has 1 aliphatic rings. The molecule has 0 saturated carbocycles. The molecule has 0 radical (unpaired) electrons. The lowest BCUT2D eigenvalue weighted by atomic mass is 9.98. The van der Waals surface area contributed by atoms with Crippen LogP contribution in [0, 0.1) is 5.92 Å². The number of hydrogen-bond acceptors (Lipinski definition) is 3. The van der Waals surface area contributed by atoms with Gasteiger partial charge in [-0.15, -0.1) is 0 Å². The Balaban J connectivity index is 2.11. The summed E-state index contributed by atoms with van der Waals surface area (Å²) in [5.74, 6) is 0.767. The van der Waals surface area contributed by atoms with Gasteiger partial charge in [0.15, 0.2) is 0 Å². The second-order valence-electron chi connectivity index (χ2n) is 5.09. The number of piperidine rings is 1. The van der Waals surface area contributed by atoms with Crippen molar-refractivity contribution in [2.45, 2.75) is 38.6 Å². The Kier molecular flexibility index (Phi) is 5.77. The summed E-state index contributed by atoms with van der Waals surface area (Å²) in [7, 11) is 2.14. The zero-order chi connectivity index (χ0) is 12.0. The molecule has 1 rings (SSSR count). The molecule has 4 nitrogen and oxygen atoms in total. The summed E-state index contributed by atoms with van der Waals surface area (Å²) in [6, 6.07) is 0.117. The molecule has 3 N–H and O–H groups in total. The summed E-state index contributed by atoms with van der Waals surface area (Å²) in [4.78, 5) is 13.8. The maximum Gasteiger partial charge on any atom is 0.220 e. The second-order valence-corrected chi connectivity index (χ2v) is 5.09. The smallest absolute Gasteiger partial charge is 0.220 e. The first-order chi connectivity index (χ1) is 7.58. The molecule has 1 fully saturated rings. The summed E-state index contributed by atoms with van der Waals surface area (Å²) >= 11 is 0. The predicted molar refractivity (Wildman–Crippen MR) is 66.1 cm³/mol. The number of carbonyl (C=O) groups excluding carboxylic acids is 1. The molecule has 0 spiro atoms. The van der Waals surface area contributed by atoms with E-state index in [1.165, 1.54) is 19.4 Å². The van der Waals surface area contributed by atoms with Crippen molar-refractivity contribution in [1.29, 1.82) is 0 Å². The molecule has 2 atom stereocenters. The van der Waals surface area contributed by atoms with Crippen molar-refractivity contribution in [3.63, 3.8) is 0 Å². The summed E-state index contributed by atoms with van der Waals surface area (Å²) in [5, 5.41) is 3.01. The minimum atomic E-state index is 0.117. The van der Waals surface area contributed by atoms with E-state index < -0.39 is 0 Å². The van der Waals surface area contributed by atoms with Gasteiger partial charge >= 0.3 is 0 Å². The van der Waals surface area contributed by atoms with Gasteiger partial charge in [0.05, 0.1) is 0 Å². The molecule has 0 aromatic rings. The number of nitrogens with one attached hydrogen (secondary N) is 1. The van der Waals surface area contributed by atoms with E-state index in [0.29, 0.717) is 12.3 Å². The third-order valence-corrected chi connectivity index (χ3v) is 3.14. The fraction of sp³-hybridized carbons (Fsp3) is 0.917. The molecule has 2 unspecified atom stereocenters. The normalized spacial score (nSPS) is 24.1. The van der Waals surface area contributed by atoms with Crippen molar-refractivity contribution in [2.24, 2.45) is 11.7 Å². The van der Waals surface area contributed by atoms with E-state index in [0.717, 1.165) is 19.5 Å². The van der Waals surface area contributed by atoms with Gasteiger partial charge in [0.2, 0.25) is 5.91 Å². The van der Waals surface area contributed by atoms with Crippen LogP contribution in [0.2, 0.25) is 0 Å². The van der Waals surface area contributed by atoms with Crippen LogP contribution in [0.3, 0.4) is 0 Å². The number of rotatable bonds is 5. The highest BCUT2D eigenvalue weighted by Crippen LogP contribution is 2.13. The molecule has 1 heterocycles. The van der Waals surface area contributed by atoms with Crippen LogP contribution in [0.5, 0.6) is 0 Å². The Labute approximate surface area is 98.6 Å². The zero-order valence-electron chi connectivity index (χ0n) is 10.5. The van der Waals surface area contributed by atoms with Gasteiger partial charge in [0.25, 0.3) is 0 Å². The average Bonchev–Trinajstić information content (AvgIpc) is 2.23. The van der Waals surface area contributed by atoms with Gasteiger partial charge < -0.3 is 16.0 Å². The fourth-order valence-electron chi connectivity index (χ4n) is 2.15. The Morgan fingerprint density at radius 3 is 3.00 bits per heavy atom. The van der Waals surface area contributed by atoms with Crippen LogP contribution < -0.4 is 11.1 Å². The van der Waals surface area contributed by atoms with E-state index in [-0.39, 0.29) is 11.9 Å². The lowest BCUT2D eigenvalue weighted by molar-refractivity contribution is -0.121. The monoisotopic (exact) mass is 227 g/mol. The van der Waals surface area contributed by atoms with E-state index in [1.54, 1.807) is 0 Å². The highest BCUT2D eigenvalue weighted by atomic mass is 16.1. The molecule has 0 aromatic heterocycles. The molecule has 1 aliphatic heterocycles. The number of nitrogens with two attached hydrogens (primary N) is 1. The third-order valence-electron chi connectivity index (χ3n) is 3.14. The van der Waals surface area contributed by atoms with Gasteiger partial charge in [-0.25, -0.2) is 0 Å². The lowest BCUT2D eigenvalue weighted by Crippen LogP contribution is -2.39. The summed E-state index contributed by atoms with van der Waals surface area (Å²) in [6.45, 7) is 5.05. The Hall–Kier alpha value is -0.610. The van der Waals surface area contributed by atoms with E-state index in [1.807, 2.05) is 6.92 Å². The minimum Gasteiger partial charge on any atom is -0.356 e. The quantitative estimate of drug-likeness (QED) is 0.722.